The van der Waals surface area contributed by atoms with E-state index in [0.29, 0.717) is 11.4 Å². The fraction of sp³-hybridized carbons (Fsp3) is 0.375. The molecule has 2 aromatic rings. The molecule has 0 unspecified atom stereocenters. The number of hydrogen-bond acceptors (Lipinski definition) is 4. The van der Waals surface area contributed by atoms with E-state index >= 15 is 0 Å². The number of anilines is 1. The molecular formula is C16H19FN2O2S. The molecule has 2 rings (SSSR count). The first-order valence-corrected chi connectivity index (χ1v) is 7.78. The smallest absolute Gasteiger partial charge is 0.278 e. The maximum Gasteiger partial charge on any atom is 0.278 e. The van der Waals surface area contributed by atoms with E-state index in [1.807, 2.05) is 27.7 Å². The van der Waals surface area contributed by atoms with E-state index in [2.05, 4.69) is 4.98 Å². The number of aryl methyl sites for hydroxylation is 2. The van der Waals surface area contributed by atoms with E-state index in [-0.39, 0.29) is 17.7 Å². The molecule has 0 aliphatic carbocycles. The summed E-state index contributed by atoms with van der Waals surface area (Å²) < 4.78 is 18.9. The highest BCUT2D eigenvalue weighted by Crippen LogP contribution is 2.27. The van der Waals surface area contributed by atoms with Crippen molar-refractivity contribution in [3.05, 3.63) is 39.6 Å². The Morgan fingerprint density at radius 1 is 1.36 bits per heavy atom. The lowest BCUT2D eigenvalue weighted by molar-refractivity contribution is 0.0975. The zero-order valence-corrected chi connectivity index (χ0v) is 14.1. The lowest BCUT2D eigenvalue weighted by Crippen LogP contribution is -2.37. The third-order valence-electron chi connectivity index (χ3n) is 3.25. The Hall–Kier alpha value is -1.95. The van der Waals surface area contributed by atoms with E-state index < -0.39 is 5.82 Å². The van der Waals surface area contributed by atoms with Gasteiger partial charge in [-0.3, -0.25) is 4.79 Å². The molecule has 0 aliphatic rings. The Bertz CT molecular complexity index is 697. The van der Waals surface area contributed by atoms with Gasteiger partial charge in [0.1, 0.15) is 5.69 Å². The third kappa shape index (κ3) is 3.11. The summed E-state index contributed by atoms with van der Waals surface area (Å²) in [5.74, 6) is -0.563. The average Bonchev–Trinajstić information content (AvgIpc) is 2.77. The second-order valence-corrected chi connectivity index (χ2v) is 6.63. The molecule has 0 saturated carbocycles. The number of aromatic nitrogens is 1. The molecule has 1 aromatic heterocycles. The van der Waals surface area contributed by atoms with Gasteiger partial charge in [-0.15, -0.1) is 11.3 Å². The van der Waals surface area contributed by atoms with Gasteiger partial charge in [0.05, 0.1) is 12.1 Å². The van der Waals surface area contributed by atoms with E-state index in [9.17, 15) is 9.18 Å². The summed E-state index contributed by atoms with van der Waals surface area (Å²) >= 11 is 1.48. The molecule has 0 aliphatic heterocycles. The van der Waals surface area contributed by atoms with Crippen LogP contribution in [0.2, 0.25) is 0 Å². The van der Waals surface area contributed by atoms with Gasteiger partial charge in [-0.2, -0.15) is 0 Å². The summed E-state index contributed by atoms with van der Waals surface area (Å²) in [5.41, 5.74) is 0.913. The molecule has 22 heavy (non-hydrogen) atoms. The van der Waals surface area contributed by atoms with Gasteiger partial charge in [0.2, 0.25) is 0 Å². The van der Waals surface area contributed by atoms with E-state index in [4.69, 9.17) is 4.74 Å². The number of amides is 1. The zero-order chi connectivity index (χ0) is 16.4. The minimum Gasteiger partial charge on any atom is -0.494 e. The van der Waals surface area contributed by atoms with Gasteiger partial charge < -0.3 is 9.64 Å². The Morgan fingerprint density at radius 2 is 2.05 bits per heavy atom. The van der Waals surface area contributed by atoms with Crippen molar-refractivity contribution in [2.75, 3.05) is 12.0 Å². The average molecular weight is 322 g/mol. The molecule has 1 heterocycles. The minimum absolute atomic E-state index is 0.123. The molecule has 4 nitrogen and oxygen atoms in total. The number of methoxy groups -OCH3 is 1. The highest BCUT2D eigenvalue weighted by Gasteiger charge is 2.25. The van der Waals surface area contributed by atoms with Crippen LogP contribution in [0.3, 0.4) is 0 Å². The predicted octanol–water partition coefficient (Wildman–Crippen LogP) is 3.96. The second kappa shape index (κ2) is 6.44. The normalized spacial score (nSPS) is 10.9. The summed E-state index contributed by atoms with van der Waals surface area (Å²) in [6.45, 7) is 7.50. The first-order valence-electron chi connectivity index (χ1n) is 6.96. The second-order valence-electron chi connectivity index (χ2n) is 5.23. The first-order chi connectivity index (χ1) is 10.3. The van der Waals surface area contributed by atoms with Crippen molar-refractivity contribution < 1.29 is 13.9 Å². The Morgan fingerprint density at radius 3 is 2.50 bits per heavy atom. The van der Waals surface area contributed by atoms with Crippen molar-refractivity contribution in [3.63, 3.8) is 0 Å². The van der Waals surface area contributed by atoms with Crippen LogP contribution in [0.15, 0.2) is 18.2 Å². The lowest BCUT2D eigenvalue weighted by Gasteiger charge is -2.26. The van der Waals surface area contributed by atoms with Gasteiger partial charge in [-0.25, -0.2) is 9.37 Å². The SMILES string of the molecule is COc1ccc(N(C(=O)c2nc(C)sc2C)C(C)C)cc1F. The van der Waals surface area contributed by atoms with E-state index in [1.165, 1.54) is 30.6 Å². The summed E-state index contributed by atoms with van der Waals surface area (Å²) in [5, 5.41) is 0.838. The monoisotopic (exact) mass is 322 g/mol. The summed E-state index contributed by atoms with van der Waals surface area (Å²) in [6, 6.07) is 4.38. The highest BCUT2D eigenvalue weighted by atomic mass is 32.1. The molecule has 0 fully saturated rings. The van der Waals surface area contributed by atoms with Crippen molar-refractivity contribution >= 4 is 22.9 Å². The standard InChI is InChI=1S/C16H19FN2O2S/c1-9(2)19(12-6-7-14(21-5)13(17)8-12)16(20)15-10(3)22-11(4)18-15/h6-9H,1-5H3. The number of nitrogens with zero attached hydrogens (tertiary/aromatic N) is 2. The number of halogens is 1. The molecule has 0 bridgehead atoms. The van der Waals surface area contributed by atoms with Gasteiger partial charge in [0, 0.05) is 22.7 Å². The Balaban J connectivity index is 2.44. The van der Waals surface area contributed by atoms with Crippen LogP contribution in [-0.4, -0.2) is 24.0 Å². The lowest BCUT2D eigenvalue weighted by atomic mass is 10.2. The predicted molar refractivity (Wildman–Crippen MR) is 86.5 cm³/mol. The zero-order valence-electron chi connectivity index (χ0n) is 13.3. The Kier molecular flexibility index (Phi) is 4.81. The molecule has 0 radical (unpaired) electrons. The largest absolute Gasteiger partial charge is 0.494 e. The van der Waals surface area contributed by atoms with Crippen LogP contribution in [0.25, 0.3) is 0 Å². The van der Waals surface area contributed by atoms with Crippen LogP contribution >= 0.6 is 11.3 Å². The van der Waals surface area contributed by atoms with Crippen molar-refractivity contribution in [2.45, 2.75) is 33.7 Å². The quantitative estimate of drug-likeness (QED) is 0.855. The third-order valence-corrected chi connectivity index (χ3v) is 4.14. The van der Waals surface area contributed by atoms with Crippen molar-refractivity contribution in [2.24, 2.45) is 0 Å². The van der Waals surface area contributed by atoms with Crippen molar-refractivity contribution in [3.8, 4) is 5.75 Å². The summed E-state index contributed by atoms with van der Waals surface area (Å²) in [7, 11) is 1.41. The molecule has 6 heteroatoms. The van der Waals surface area contributed by atoms with Gasteiger partial charge in [-0.1, -0.05) is 0 Å². The molecule has 0 saturated heterocycles. The summed E-state index contributed by atoms with van der Waals surface area (Å²) in [6.07, 6.45) is 0. The maximum atomic E-state index is 13.9. The molecule has 0 spiro atoms. The number of hydrogen-bond donors (Lipinski definition) is 0. The number of benzene rings is 1. The molecule has 0 atom stereocenters. The maximum absolute atomic E-state index is 13.9. The van der Waals surface area contributed by atoms with Crippen LogP contribution in [0.5, 0.6) is 5.75 Å². The summed E-state index contributed by atoms with van der Waals surface area (Å²) in [4.78, 5) is 19.5. The highest BCUT2D eigenvalue weighted by molar-refractivity contribution is 7.11. The molecule has 0 N–H and O–H groups in total. The number of thiazole rings is 1. The number of ether oxygens (including phenoxy) is 1. The van der Waals surface area contributed by atoms with Crippen LogP contribution in [-0.2, 0) is 0 Å². The van der Waals surface area contributed by atoms with Gasteiger partial charge in [0.25, 0.3) is 5.91 Å². The van der Waals surface area contributed by atoms with Crippen LogP contribution in [0.1, 0.15) is 34.2 Å². The minimum atomic E-state index is -0.496. The first kappa shape index (κ1) is 16.4. The van der Waals surface area contributed by atoms with Crippen molar-refractivity contribution in [1.29, 1.82) is 0 Å². The van der Waals surface area contributed by atoms with Crippen LogP contribution in [0.4, 0.5) is 10.1 Å². The molecule has 1 aromatic carbocycles. The number of carbonyl (C=O) groups excluding carboxylic acids is 1. The van der Waals surface area contributed by atoms with Crippen molar-refractivity contribution in [1.82, 2.24) is 4.98 Å². The molecule has 118 valence electrons. The fourth-order valence-electron chi connectivity index (χ4n) is 2.30. The van der Waals surface area contributed by atoms with Gasteiger partial charge >= 0.3 is 0 Å². The molecule has 1 amide bonds. The van der Waals surface area contributed by atoms with Crippen LogP contribution in [0, 0.1) is 19.7 Å². The molecular weight excluding hydrogens is 303 g/mol. The van der Waals surface area contributed by atoms with Gasteiger partial charge in [-0.05, 0) is 39.8 Å². The number of carbonyl (C=O) groups is 1. The van der Waals surface area contributed by atoms with Gasteiger partial charge in [0.15, 0.2) is 11.6 Å². The Labute approximate surface area is 133 Å². The number of rotatable bonds is 4. The van der Waals surface area contributed by atoms with E-state index in [0.717, 1.165) is 9.88 Å². The van der Waals surface area contributed by atoms with Crippen LogP contribution < -0.4 is 9.64 Å². The topological polar surface area (TPSA) is 42.4 Å². The van der Waals surface area contributed by atoms with E-state index in [1.54, 1.807) is 11.0 Å². The fourth-order valence-corrected chi connectivity index (χ4v) is 3.11.